The molecule has 1 N–H and O–H groups in total. The fraction of sp³-hybridized carbons (Fsp3) is 0.148. The Hall–Kier alpha value is -4.19. The van der Waals surface area contributed by atoms with Gasteiger partial charge in [-0.15, -0.1) is 0 Å². The maximum absolute atomic E-state index is 13.3. The van der Waals surface area contributed by atoms with E-state index in [0.29, 0.717) is 28.0 Å². The van der Waals surface area contributed by atoms with Crippen molar-refractivity contribution in [1.29, 1.82) is 0 Å². The summed E-state index contributed by atoms with van der Waals surface area (Å²) >= 11 is 0. The summed E-state index contributed by atoms with van der Waals surface area (Å²) in [6.07, 6.45) is 0.158. The fourth-order valence-corrected chi connectivity index (χ4v) is 3.66. The highest BCUT2D eigenvalue weighted by Gasteiger charge is 2.19. The molecule has 0 saturated heterocycles. The number of amides is 2. The lowest BCUT2D eigenvalue weighted by Gasteiger charge is -2.14. The van der Waals surface area contributed by atoms with Crippen molar-refractivity contribution in [3.63, 3.8) is 0 Å². The number of fused-ring (bicyclic) bond motifs is 1. The van der Waals surface area contributed by atoms with Gasteiger partial charge in [0.05, 0.1) is 17.4 Å². The lowest BCUT2D eigenvalue weighted by atomic mass is 10.0. The van der Waals surface area contributed by atoms with E-state index in [1.807, 2.05) is 36.4 Å². The van der Waals surface area contributed by atoms with E-state index in [4.69, 9.17) is 4.42 Å². The second-order valence-electron chi connectivity index (χ2n) is 8.01. The molecule has 1 heterocycles. The number of benzene rings is 3. The van der Waals surface area contributed by atoms with E-state index in [-0.39, 0.29) is 28.9 Å². The Morgan fingerprint density at radius 3 is 2.33 bits per heavy atom. The third-order valence-electron chi connectivity index (χ3n) is 5.53. The summed E-state index contributed by atoms with van der Waals surface area (Å²) in [6, 6.07) is 21.4. The summed E-state index contributed by atoms with van der Waals surface area (Å²) in [6.45, 7) is 1.72. The fourth-order valence-electron chi connectivity index (χ4n) is 3.66. The van der Waals surface area contributed by atoms with Crippen LogP contribution < -0.4 is 10.7 Å². The van der Waals surface area contributed by atoms with Gasteiger partial charge in [0.1, 0.15) is 5.76 Å². The third-order valence-corrected chi connectivity index (χ3v) is 5.53. The molecule has 4 rings (SSSR count). The van der Waals surface area contributed by atoms with Crippen LogP contribution in [0.3, 0.4) is 0 Å². The number of likely N-dealkylation sites (N-methyl/N-ethyl adjacent to an activating group) is 1. The van der Waals surface area contributed by atoms with E-state index in [0.717, 1.165) is 5.56 Å². The normalized spacial score (nSPS) is 10.8. The van der Waals surface area contributed by atoms with Crippen LogP contribution in [0, 0.1) is 6.92 Å². The van der Waals surface area contributed by atoms with E-state index in [2.05, 4.69) is 5.32 Å². The number of nitrogens with zero attached hydrogens (tertiary/aromatic N) is 1. The van der Waals surface area contributed by atoms with Crippen LogP contribution in [0.5, 0.6) is 0 Å². The summed E-state index contributed by atoms with van der Waals surface area (Å²) in [4.78, 5) is 40.0. The second-order valence-corrected chi connectivity index (χ2v) is 8.01. The summed E-state index contributed by atoms with van der Waals surface area (Å²) in [5.41, 5.74) is 2.78. The van der Waals surface area contributed by atoms with Crippen LogP contribution in [0.25, 0.3) is 22.3 Å². The first-order chi connectivity index (χ1) is 15.9. The van der Waals surface area contributed by atoms with Crippen molar-refractivity contribution >= 4 is 28.5 Å². The van der Waals surface area contributed by atoms with Gasteiger partial charge < -0.3 is 14.6 Å². The van der Waals surface area contributed by atoms with Crippen molar-refractivity contribution < 1.29 is 14.0 Å². The molecule has 4 aromatic rings. The highest BCUT2D eigenvalue weighted by atomic mass is 16.3. The average molecular weight is 440 g/mol. The van der Waals surface area contributed by atoms with Crippen LogP contribution in [-0.2, 0) is 11.2 Å². The number of anilines is 1. The van der Waals surface area contributed by atoms with Crippen molar-refractivity contribution in [2.75, 3.05) is 19.4 Å². The van der Waals surface area contributed by atoms with Crippen LogP contribution in [0.2, 0.25) is 0 Å². The van der Waals surface area contributed by atoms with Gasteiger partial charge in [0.25, 0.3) is 5.91 Å². The molecular weight excluding hydrogens is 416 g/mol. The number of carbonyl (C=O) groups excluding carboxylic acids is 2. The van der Waals surface area contributed by atoms with Crippen LogP contribution in [-0.4, -0.2) is 30.8 Å². The number of para-hydroxylation sites is 2. The molecule has 0 saturated carbocycles. The van der Waals surface area contributed by atoms with E-state index >= 15 is 0 Å². The van der Waals surface area contributed by atoms with Crippen molar-refractivity contribution in [3.8, 4) is 11.3 Å². The molecule has 33 heavy (non-hydrogen) atoms. The van der Waals surface area contributed by atoms with E-state index in [9.17, 15) is 14.4 Å². The van der Waals surface area contributed by atoms with Crippen LogP contribution in [0.1, 0.15) is 21.5 Å². The molecular formula is C27H24N2O4. The molecule has 0 unspecified atom stereocenters. The first-order valence-corrected chi connectivity index (χ1v) is 10.6. The van der Waals surface area contributed by atoms with Gasteiger partial charge in [-0.1, -0.05) is 54.6 Å². The van der Waals surface area contributed by atoms with Gasteiger partial charge in [0.15, 0.2) is 11.0 Å². The minimum absolute atomic E-state index is 0.0733. The Balaban J connectivity index is 1.77. The number of rotatable bonds is 5. The van der Waals surface area contributed by atoms with Crippen molar-refractivity contribution in [3.05, 3.63) is 99.7 Å². The molecule has 3 aromatic carbocycles. The molecule has 0 radical (unpaired) electrons. The first kappa shape index (κ1) is 22.0. The molecule has 1 aromatic heterocycles. The van der Waals surface area contributed by atoms with Crippen molar-refractivity contribution in [2.45, 2.75) is 13.3 Å². The van der Waals surface area contributed by atoms with E-state index in [1.54, 1.807) is 57.4 Å². The summed E-state index contributed by atoms with van der Waals surface area (Å²) in [5, 5.41) is 3.23. The van der Waals surface area contributed by atoms with Crippen molar-refractivity contribution in [2.24, 2.45) is 0 Å². The van der Waals surface area contributed by atoms with Gasteiger partial charge in [-0.2, -0.15) is 0 Å². The minimum atomic E-state index is -0.420. The lowest BCUT2D eigenvalue weighted by molar-refractivity contribution is -0.127. The standard InChI is InChI=1S/C27H24N2O4/c1-17-24(31)20-13-9-14-21(26(20)33-25(17)18-10-5-4-6-11-18)27(32)28-22-15-8-7-12-19(22)16-23(30)29(2)3/h4-15H,16H2,1-3H3,(H,28,32). The largest absolute Gasteiger partial charge is 0.455 e. The van der Waals surface area contributed by atoms with Gasteiger partial charge in [0, 0.05) is 30.9 Å². The second kappa shape index (κ2) is 9.12. The maximum Gasteiger partial charge on any atom is 0.259 e. The number of nitrogens with one attached hydrogen (secondary N) is 1. The Labute approximate surface area is 191 Å². The molecule has 0 spiro atoms. The molecule has 0 fully saturated rings. The Morgan fingerprint density at radius 2 is 1.61 bits per heavy atom. The quantitative estimate of drug-likeness (QED) is 0.490. The van der Waals surface area contributed by atoms with Crippen LogP contribution >= 0.6 is 0 Å². The highest BCUT2D eigenvalue weighted by molar-refractivity contribution is 6.12. The molecule has 0 aliphatic carbocycles. The molecule has 6 heteroatoms. The van der Waals surface area contributed by atoms with E-state index in [1.165, 1.54) is 4.90 Å². The van der Waals surface area contributed by atoms with Gasteiger partial charge in [-0.25, -0.2) is 0 Å². The van der Waals surface area contributed by atoms with Crippen LogP contribution in [0.4, 0.5) is 5.69 Å². The summed E-state index contributed by atoms with van der Waals surface area (Å²) in [5.74, 6) is -0.0578. The number of hydrogen-bond donors (Lipinski definition) is 1. The first-order valence-electron chi connectivity index (χ1n) is 10.6. The predicted molar refractivity (Wildman–Crippen MR) is 129 cm³/mol. The zero-order valence-electron chi connectivity index (χ0n) is 18.7. The van der Waals surface area contributed by atoms with Crippen LogP contribution in [0.15, 0.2) is 82.0 Å². The SMILES string of the molecule is Cc1c(-c2ccccc2)oc2c(C(=O)Nc3ccccc3CC(=O)N(C)C)cccc2c1=O. The maximum atomic E-state index is 13.3. The Kier molecular flexibility index (Phi) is 6.09. The monoisotopic (exact) mass is 440 g/mol. The molecule has 0 atom stereocenters. The topological polar surface area (TPSA) is 79.6 Å². The number of hydrogen-bond acceptors (Lipinski definition) is 4. The molecule has 2 amide bonds. The average Bonchev–Trinajstić information content (AvgIpc) is 2.82. The lowest BCUT2D eigenvalue weighted by Crippen LogP contribution is -2.24. The van der Waals surface area contributed by atoms with Gasteiger partial charge in [-0.3, -0.25) is 14.4 Å². The van der Waals surface area contributed by atoms with Gasteiger partial charge >= 0.3 is 0 Å². The zero-order chi connectivity index (χ0) is 23.5. The summed E-state index contributed by atoms with van der Waals surface area (Å²) < 4.78 is 6.15. The molecule has 0 aliphatic heterocycles. The molecule has 6 nitrogen and oxygen atoms in total. The summed E-state index contributed by atoms with van der Waals surface area (Å²) in [7, 11) is 3.38. The predicted octanol–water partition coefficient (Wildman–Crippen LogP) is 4.65. The minimum Gasteiger partial charge on any atom is -0.455 e. The van der Waals surface area contributed by atoms with E-state index < -0.39 is 5.91 Å². The number of carbonyl (C=O) groups is 2. The Morgan fingerprint density at radius 1 is 0.909 bits per heavy atom. The molecule has 0 aliphatic rings. The van der Waals surface area contributed by atoms with Crippen molar-refractivity contribution in [1.82, 2.24) is 4.90 Å². The highest BCUT2D eigenvalue weighted by Crippen LogP contribution is 2.28. The molecule has 166 valence electrons. The Bertz CT molecular complexity index is 1410. The smallest absolute Gasteiger partial charge is 0.259 e. The zero-order valence-corrected chi connectivity index (χ0v) is 18.7. The van der Waals surface area contributed by atoms with Gasteiger partial charge in [0.2, 0.25) is 5.91 Å². The molecule has 0 bridgehead atoms. The van der Waals surface area contributed by atoms with Gasteiger partial charge in [-0.05, 0) is 30.7 Å². The third kappa shape index (κ3) is 4.41.